The van der Waals surface area contributed by atoms with Gasteiger partial charge in [0.2, 0.25) is 0 Å². The summed E-state index contributed by atoms with van der Waals surface area (Å²) in [5.74, 6) is -1.01. The summed E-state index contributed by atoms with van der Waals surface area (Å²) >= 11 is 3.33. The normalized spacial score (nSPS) is 12.8. The van der Waals surface area contributed by atoms with Gasteiger partial charge in [-0.25, -0.2) is 0 Å². The Labute approximate surface area is 97.7 Å². The summed E-state index contributed by atoms with van der Waals surface area (Å²) in [5, 5.41) is 9.14. The van der Waals surface area contributed by atoms with Crippen LogP contribution in [0, 0.1) is 5.92 Å². The highest BCUT2D eigenvalue weighted by atomic mass is 79.9. The zero-order valence-corrected chi connectivity index (χ0v) is 10.4. The number of rotatable bonds is 4. The number of aliphatic carboxylic acids is 1. The highest BCUT2D eigenvalue weighted by Crippen LogP contribution is 2.28. The second-order valence-corrected chi connectivity index (χ2v) is 4.75. The molecular formula is C11H14BrNO2. The van der Waals surface area contributed by atoms with Gasteiger partial charge in [-0.15, -0.1) is 0 Å². The van der Waals surface area contributed by atoms with E-state index in [0.717, 1.165) is 4.47 Å². The molecule has 0 radical (unpaired) electrons. The van der Waals surface area contributed by atoms with Crippen LogP contribution in [0.2, 0.25) is 0 Å². The van der Waals surface area contributed by atoms with Crippen LogP contribution in [0.25, 0.3) is 0 Å². The molecule has 0 aliphatic heterocycles. The van der Waals surface area contributed by atoms with Gasteiger partial charge in [0.15, 0.2) is 0 Å². The van der Waals surface area contributed by atoms with Gasteiger partial charge in [-0.05, 0) is 40.4 Å². The van der Waals surface area contributed by atoms with Crippen molar-refractivity contribution in [1.29, 1.82) is 0 Å². The van der Waals surface area contributed by atoms with E-state index in [-0.39, 0.29) is 0 Å². The molecule has 82 valence electrons. The van der Waals surface area contributed by atoms with E-state index >= 15 is 0 Å². The fraction of sp³-hybridized carbons (Fsp3) is 0.455. The van der Waals surface area contributed by atoms with E-state index in [2.05, 4.69) is 20.9 Å². The molecule has 1 unspecified atom stereocenters. The lowest BCUT2D eigenvalue weighted by molar-refractivity contribution is -0.139. The van der Waals surface area contributed by atoms with E-state index in [1.165, 1.54) is 0 Å². The lowest BCUT2D eigenvalue weighted by atomic mass is 9.94. The first-order chi connectivity index (χ1) is 7.02. The fourth-order valence-corrected chi connectivity index (χ4v) is 1.99. The highest BCUT2D eigenvalue weighted by molar-refractivity contribution is 9.10. The van der Waals surface area contributed by atoms with Gasteiger partial charge in [0.25, 0.3) is 0 Å². The van der Waals surface area contributed by atoms with Crippen molar-refractivity contribution in [2.45, 2.75) is 26.2 Å². The molecule has 3 nitrogen and oxygen atoms in total. The first-order valence-electron chi connectivity index (χ1n) is 4.85. The van der Waals surface area contributed by atoms with E-state index in [0.29, 0.717) is 18.0 Å². The molecule has 15 heavy (non-hydrogen) atoms. The van der Waals surface area contributed by atoms with Crippen molar-refractivity contribution >= 4 is 21.9 Å². The molecule has 1 N–H and O–H groups in total. The topological polar surface area (TPSA) is 50.2 Å². The van der Waals surface area contributed by atoms with Crippen LogP contribution < -0.4 is 0 Å². The van der Waals surface area contributed by atoms with Crippen LogP contribution in [0.3, 0.4) is 0 Å². The minimum absolute atomic E-state index is 0.333. The molecule has 0 saturated carbocycles. The first kappa shape index (κ1) is 12.2. The van der Waals surface area contributed by atoms with Crippen molar-refractivity contribution in [3.05, 3.63) is 28.5 Å². The third-order valence-corrected chi connectivity index (χ3v) is 2.79. The van der Waals surface area contributed by atoms with Gasteiger partial charge in [0, 0.05) is 10.7 Å². The number of aromatic nitrogens is 1. The third-order valence-electron chi connectivity index (χ3n) is 2.12. The molecule has 0 aliphatic carbocycles. The van der Waals surface area contributed by atoms with E-state index < -0.39 is 11.9 Å². The number of carbonyl (C=O) groups is 1. The lowest BCUT2D eigenvalue weighted by Gasteiger charge is -2.15. The monoisotopic (exact) mass is 271 g/mol. The minimum atomic E-state index is -0.817. The standard InChI is InChI=1S/C11H14BrNO2/c1-7(2)6-8(11(14)15)10-9(12)4-3-5-13-10/h3-5,7-8H,6H2,1-2H3,(H,14,15). The number of pyridine rings is 1. The summed E-state index contributed by atoms with van der Waals surface area (Å²) in [4.78, 5) is 15.3. The SMILES string of the molecule is CC(C)CC(C(=O)O)c1ncccc1Br. The molecule has 0 saturated heterocycles. The Kier molecular flexibility index (Phi) is 4.27. The maximum Gasteiger partial charge on any atom is 0.312 e. The quantitative estimate of drug-likeness (QED) is 0.916. The number of halogens is 1. The lowest BCUT2D eigenvalue weighted by Crippen LogP contribution is -2.15. The molecule has 0 bridgehead atoms. The fourth-order valence-electron chi connectivity index (χ4n) is 1.46. The van der Waals surface area contributed by atoms with Crippen LogP contribution in [-0.2, 0) is 4.79 Å². The van der Waals surface area contributed by atoms with Crippen LogP contribution in [0.15, 0.2) is 22.8 Å². The van der Waals surface area contributed by atoms with E-state index in [1.807, 2.05) is 19.9 Å². The van der Waals surface area contributed by atoms with Crippen molar-refractivity contribution in [1.82, 2.24) is 4.98 Å². The molecule has 1 atom stereocenters. The maximum atomic E-state index is 11.1. The smallest absolute Gasteiger partial charge is 0.312 e. The Bertz CT molecular complexity index is 352. The zero-order chi connectivity index (χ0) is 11.4. The molecular weight excluding hydrogens is 258 g/mol. The van der Waals surface area contributed by atoms with Gasteiger partial charge in [0.1, 0.15) is 5.92 Å². The number of hydrogen-bond donors (Lipinski definition) is 1. The Balaban J connectivity index is 2.99. The molecule has 1 heterocycles. The van der Waals surface area contributed by atoms with Crippen molar-refractivity contribution < 1.29 is 9.90 Å². The van der Waals surface area contributed by atoms with Crippen molar-refractivity contribution in [2.75, 3.05) is 0 Å². The summed E-state index contributed by atoms with van der Waals surface area (Å²) in [6.07, 6.45) is 2.22. The largest absolute Gasteiger partial charge is 0.481 e. The number of carboxylic acid groups (broad SMARTS) is 1. The Morgan fingerprint density at radius 1 is 1.60 bits per heavy atom. The van der Waals surface area contributed by atoms with Crippen LogP contribution in [0.1, 0.15) is 31.9 Å². The predicted molar refractivity (Wildman–Crippen MR) is 61.8 cm³/mol. The third kappa shape index (κ3) is 3.30. The van der Waals surface area contributed by atoms with Crippen molar-refractivity contribution in [2.24, 2.45) is 5.92 Å². The molecule has 0 amide bonds. The molecule has 1 aromatic heterocycles. The first-order valence-corrected chi connectivity index (χ1v) is 5.65. The van der Waals surface area contributed by atoms with Crippen LogP contribution in [-0.4, -0.2) is 16.1 Å². The van der Waals surface area contributed by atoms with Gasteiger partial charge < -0.3 is 5.11 Å². The number of carboxylic acids is 1. The van der Waals surface area contributed by atoms with E-state index in [4.69, 9.17) is 5.11 Å². The summed E-state index contributed by atoms with van der Waals surface area (Å²) < 4.78 is 0.762. The minimum Gasteiger partial charge on any atom is -0.481 e. The van der Waals surface area contributed by atoms with Crippen molar-refractivity contribution in [3.8, 4) is 0 Å². The Morgan fingerprint density at radius 2 is 2.27 bits per heavy atom. The second kappa shape index (κ2) is 5.26. The summed E-state index contributed by atoms with van der Waals surface area (Å²) in [5.41, 5.74) is 0.610. The van der Waals surface area contributed by atoms with Crippen molar-refractivity contribution in [3.63, 3.8) is 0 Å². The number of nitrogens with zero attached hydrogens (tertiary/aromatic N) is 1. The highest BCUT2D eigenvalue weighted by Gasteiger charge is 2.24. The second-order valence-electron chi connectivity index (χ2n) is 3.89. The average Bonchev–Trinajstić information content (AvgIpc) is 2.15. The van der Waals surface area contributed by atoms with Gasteiger partial charge in [-0.1, -0.05) is 13.8 Å². The molecule has 1 aromatic rings. The Hall–Kier alpha value is -0.900. The van der Waals surface area contributed by atoms with Gasteiger partial charge in [0.05, 0.1) is 5.69 Å². The molecule has 0 fully saturated rings. The van der Waals surface area contributed by atoms with Gasteiger partial charge in [-0.3, -0.25) is 9.78 Å². The van der Waals surface area contributed by atoms with Gasteiger partial charge >= 0.3 is 5.97 Å². The molecule has 0 aromatic carbocycles. The van der Waals surface area contributed by atoms with Crippen LogP contribution >= 0.6 is 15.9 Å². The molecule has 4 heteroatoms. The molecule has 0 aliphatic rings. The van der Waals surface area contributed by atoms with Crippen LogP contribution in [0.4, 0.5) is 0 Å². The summed E-state index contributed by atoms with van der Waals surface area (Å²) in [7, 11) is 0. The summed E-state index contributed by atoms with van der Waals surface area (Å²) in [6.45, 7) is 4.01. The maximum absolute atomic E-state index is 11.1. The molecule has 1 rings (SSSR count). The Morgan fingerprint density at radius 3 is 2.73 bits per heavy atom. The average molecular weight is 272 g/mol. The van der Waals surface area contributed by atoms with Crippen LogP contribution in [0.5, 0.6) is 0 Å². The predicted octanol–water partition coefficient (Wildman–Crippen LogP) is 3.06. The zero-order valence-electron chi connectivity index (χ0n) is 8.77. The van der Waals surface area contributed by atoms with E-state index in [9.17, 15) is 4.79 Å². The molecule has 0 spiro atoms. The van der Waals surface area contributed by atoms with E-state index in [1.54, 1.807) is 12.3 Å². The summed E-state index contributed by atoms with van der Waals surface area (Å²) in [6, 6.07) is 3.60. The van der Waals surface area contributed by atoms with Gasteiger partial charge in [-0.2, -0.15) is 0 Å². The number of hydrogen-bond acceptors (Lipinski definition) is 2.